The van der Waals surface area contributed by atoms with E-state index in [4.69, 9.17) is 4.42 Å². The Morgan fingerprint density at radius 3 is 1.40 bits per heavy atom. The van der Waals surface area contributed by atoms with Crippen molar-refractivity contribution in [3.05, 3.63) is 164 Å². The van der Waals surface area contributed by atoms with Gasteiger partial charge in [-0.2, -0.15) is 0 Å². The van der Waals surface area contributed by atoms with Crippen LogP contribution in [-0.4, -0.2) is 5.11 Å². The SMILES string of the molecule is Oc1c2ccccc2c(-c2ccc3oc4cccc(-c5c6ccccc6c(-c6ccccc6)c6ccccc56)c4c3c2)c2ccccc12. The van der Waals surface area contributed by atoms with Gasteiger partial charge in [0.1, 0.15) is 16.9 Å². The Morgan fingerprint density at radius 1 is 0.333 bits per heavy atom. The van der Waals surface area contributed by atoms with Crippen LogP contribution in [0.3, 0.4) is 0 Å². The fourth-order valence-electron chi connectivity index (χ4n) is 7.94. The van der Waals surface area contributed by atoms with Crippen LogP contribution in [0.25, 0.3) is 98.4 Å². The van der Waals surface area contributed by atoms with E-state index in [1.165, 1.54) is 38.2 Å². The minimum absolute atomic E-state index is 0.319. The van der Waals surface area contributed by atoms with Crippen molar-refractivity contribution in [2.24, 2.45) is 0 Å². The third-order valence-corrected chi connectivity index (χ3v) is 9.95. The van der Waals surface area contributed by atoms with E-state index < -0.39 is 0 Å². The van der Waals surface area contributed by atoms with Crippen LogP contribution in [0, 0.1) is 0 Å². The van der Waals surface area contributed by atoms with Gasteiger partial charge in [-0.25, -0.2) is 0 Å². The molecule has 2 heteroatoms. The number of rotatable bonds is 3. The molecule has 10 rings (SSSR count). The average Bonchev–Trinajstić information content (AvgIpc) is 3.53. The Morgan fingerprint density at radius 2 is 0.812 bits per heavy atom. The normalized spacial score (nSPS) is 11.8. The number of fused-ring (bicyclic) bond motifs is 7. The first-order valence-electron chi connectivity index (χ1n) is 16.3. The quantitative estimate of drug-likeness (QED) is 0.201. The van der Waals surface area contributed by atoms with Gasteiger partial charge in [0.05, 0.1) is 0 Å². The molecule has 1 heterocycles. The highest BCUT2D eigenvalue weighted by Gasteiger charge is 2.21. The summed E-state index contributed by atoms with van der Waals surface area (Å²) in [6, 6.07) is 57.5. The predicted octanol–water partition coefficient (Wildman–Crippen LogP) is 12.9. The summed E-state index contributed by atoms with van der Waals surface area (Å²) < 4.78 is 6.58. The monoisotopic (exact) mass is 612 g/mol. The minimum atomic E-state index is 0.319. The third-order valence-electron chi connectivity index (χ3n) is 9.95. The molecule has 0 aliphatic carbocycles. The molecule has 1 aromatic heterocycles. The maximum Gasteiger partial charge on any atom is 0.136 e. The summed E-state index contributed by atoms with van der Waals surface area (Å²) in [5.41, 5.74) is 8.72. The molecular formula is C46H28O2. The smallest absolute Gasteiger partial charge is 0.136 e. The summed E-state index contributed by atoms with van der Waals surface area (Å²) in [4.78, 5) is 0. The summed E-state index contributed by atoms with van der Waals surface area (Å²) in [6.45, 7) is 0. The van der Waals surface area contributed by atoms with E-state index in [0.29, 0.717) is 5.75 Å². The van der Waals surface area contributed by atoms with E-state index in [1.54, 1.807) is 0 Å². The number of benzene rings is 9. The molecule has 2 nitrogen and oxygen atoms in total. The molecule has 0 spiro atoms. The highest BCUT2D eigenvalue weighted by atomic mass is 16.3. The van der Waals surface area contributed by atoms with Gasteiger partial charge in [0.2, 0.25) is 0 Å². The lowest BCUT2D eigenvalue weighted by molar-refractivity contribution is 0.488. The van der Waals surface area contributed by atoms with Crippen LogP contribution in [-0.2, 0) is 0 Å². The first kappa shape index (κ1) is 26.8. The zero-order valence-corrected chi connectivity index (χ0v) is 25.9. The van der Waals surface area contributed by atoms with Gasteiger partial charge in [0.25, 0.3) is 0 Å². The number of phenols is 1. The van der Waals surface area contributed by atoms with Gasteiger partial charge in [-0.1, -0.05) is 146 Å². The number of hydrogen-bond donors (Lipinski definition) is 1. The van der Waals surface area contributed by atoms with E-state index >= 15 is 0 Å². The predicted molar refractivity (Wildman–Crippen MR) is 202 cm³/mol. The first-order chi connectivity index (χ1) is 23.8. The second-order valence-corrected chi connectivity index (χ2v) is 12.5. The third kappa shape index (κ3) is 3.81. The molecule has 0 saturated heterocycles. The van der Waals surface area contributed by atoms with Crippen molar-refractivity contribution in [1.29, 1.82) is 0 Å². The number of furan rings is 1. The van der Waals surface area contributed by atoms with Crippen LogP contribution >= 0.6 is 0 Å². The van der Waals surface area contributed by atoms with Crippen molar-refractivity contribution < 1.29 is 9.52 Å². The van der Waals surface area contributed by atoms with Crippen LogP contribution in [0.5, 0.6) is 5.75 Å². The molecule has 9 aromatic carbocycles. The molecule has 0 unspecified atom stereocenters. The van der Waals surface area contributed by atoms with E-state index in [0.717, 1.165) is 60.2 Å². The number of hydrogen-bond acceptors (Lipinski definition) is 2. The lowest BCUT2D eigenvalue weighted by Crippen LogP contribution is -1.91. The van der Waals surface area contributed by atoms with Crippen molar-refractivity contribution in [2.45, 2.75) is 0 Å². The van der Waals surface area contributed by atoms with Crippen LogP contribution in [0.2, 0.25) is 0 Å². The Labute approximate surface area is 276 Å². The maximum atomic E-state index is 11.3. The van der Waals surface area contributed by atoms with Gasteiger partial charge < -0.3 is 9.52 Å². The Bertz CT molecular complexity index is 2780. The van der Waals surface area contributed by atoms with Crippen LogP contribution in [0.15, 0.2) is 168 Å². The zero-order chi connectivity index (χ0) is 31.8. The molecule has 10 aromatic rings. The molecule has 224 valence electrons. The number of phenolic OH excluding ortho intramolecular Hbond substituents is 1. The van der Waals surface area contributed by atoms with Gasteiger partial charge in [-0.3, -0.25) is 0 Å². The summed E-state index contributed by atoms with van der Waals surface area (Å²) in [5, 5.41) is 22.1. The maximum absolute atomic E-state index is 11.3. The van der Waals surface area contributed by atoms with Crippen molar-refractivity contribution in [1.82, 2.24) is 0 Å². The van der Waals surface area contributed by atoms with E-state index in [-0.39, 0.29) is 0 Å². The summed E-state index contributed by atoms with van der Waals surface area (Å²) in [6.07, 6.45) is 0. The highest BCUT2D eigenvalue weighted by molar-refractivity contribution is 6.26. The molecule has 0 radical (unpaired) electrons. The second-order valence-electron chi connectivity index (χ2n) is 12.5. The fourth-order valence-corrected chi connectivity index (χ4v) is 7.94. The highest BCUT2D eigenvalue weighted by Crippen LogP contribution is 2.48. The largest absolute Gasteiger partial charge is 0.507 e. The van der Waals surface area contributed by atoms with Crippen molar-refractivity contribution in [3.8, 4) is 39.1 Å². The van der Waals surface area contributed by atoms with Crippen LogP contribution in [0.1, 0.15) is 0 Å². The fraction of sp³-hybridized carbons (Fsp3) is 0. The van der Waals surface area contributed by atoms with Gasteiger partial charge >= 0.3 is 0 Å². The standard InChI is InChI=1S/C46H28O2/c47-46-36-21-10-8-19-34(36)43(35-20-9-11-22-37(35)46)29-25-26-40-39(27-29)45-38(23-12-24-41(45)48-40)44-32-17-6-4-15-30(32)42(28-13-2-1-3-14-28)31-16-5-7-18-33(31)44/h1-27,47H. The molecule has 0 bridgehead atoms. The van der Waals surface area contributed by atoms with Crippen LogP contribution < -0.4 is 0 Å². The molecule has 48 heavy (non-hydrogen) atoms. The lowest BCUT2D eigenvalue weighted by Gasteiger charge is -2.18. The van der Waals surface area contributed by atoms with E-state index in [1.807, 2.05) is 36.4 Å². The zero-order valence-electron chi connectivity index (χ0n) is 25.9. The van der Waals surface area contributed by atoms with Crippen LogP contribution in [0.4, 0.5) is 0 Å². The van der Waals surface area contributed by atoms with Gasteiger partial charge in [-0.05, 0) is 83.9 Å². The Hall–Kier alpha value is -6.38. The van der Waals surface area contributed by atoms with Crippen molar-refractivity contribution in [2.75, 3.05) is 0 Å². The van der Waals surface area contributed by atoms with Gasteiger partial charge in [-0.15, -0.1) is 0 Å². The first-order valence-corrected chi connectivity index (χ1v) is 16.3. The average molecular weight is 613 g/mol. The molecule has 0 fully saturated rings. The molecular weight excluding hydrogens is 585 g/mol. The molecule has 0 aliphatic rings. The van der Waals surface area contributed by atoms with E-state index in [9.17, 15) is 5.11 Å². The number of aromatic hydroxyl groups is 1. The summed E-state index contributed by atoms with van der Waals surface area (Å²) >= 11 is 0. The van der Waals surface area contributed by atoms with Gasteiger partial charge in [0.15, 0.2) is 0 Å². The molecule has 0 atom stereocenters. The topological polar surface area (TPSA) is 33.4 Å². The van der Waals surface area contributed by atoms with E-state index in [2.05, 4.69) is 127 Å². The summed E-state index contributed by atoms with van der Waals surface area (Å²) in [7, 11) is 0. The molecule has 0 aliphatic heterocycles. The second kappa shape index (κ2) is 10.3. The molecule has 1 N–H and O–H groups in total. The van der Waals surface area contributed by atoms with Crippen molar-refractivity contribution >= 4 is 65.0 Å². The van der Waals surface area contributed by atoms with Gasteiger partial charge in [0, 0.05) is 21.5 Å². The molecule has 0 saturated carbocycles. The Kier molecular flexibility index (Phi) is 5.76. The Balaban J connectivity index is 1.32. The van der Waals surface area contributed by atoms with Crippen molar-refractivity contribution in [3.63, 3.8) is 0 Å². The summed E-state index contributed by atoms with van der Waals surface area (Å²) in [5.74, 6) is 0.319. The molecule has 0 amide bonds. The minimum Gasteiger partial charge on any atom is -0.507 e. The lowest BCUT2D eigenvalue weighted by atomic mass is 9.85.